The van der Waals surface area contributed by atoms with Crippen LogP contribution in [0.15, 0.2) is 82.5 Å². The smallest absolute Gasteiger partial charge is 0.275 e. The van der Waals surface area contributed by atoms with Gasteiger partial charge in [-0.3, -0.25) is 4.79 Å². The molecule has 0 aliphatic carbocycles. The fourth-order valence-electron chi connectivity index (χ4n) is 2.25. The zero-order chi connectivity index (χ0) is 17.5. The zero-order valence-electron chi connectivity index (χ0n) is 13.8. The van der Waals surface area contributed by atoms with Gasteiger partial charge in [-0.2, -0.15) is 5.10 Å². The summed E-state index contributed by atoms with van der Waals surface area (Å²) < 4.78 is 11.0. The van der Waals surface area contributed by atoms with Crippen LogP contribution in [0.3, 0.4) is 0 Å². The number of furan rings is 1. The number of benzene rings is 2. The summed E-state index contributed by atoms with van der Waals surface area (Å²) in [6, 6.07) is 20.4. The van der Waals surface area contributed by atoms with Crippen molar-refractivity contribution in [1.29, 1.82) is 0 Å². The molecule has 0 fully saturated rings. The molecule has 0 spiro atoms. The van der Waals surface area contributed by atoms with E-state index in [9.17, 15) is 4.79 Å². The van der Waals surface area contributed by atoms with Gasteiger partial charge >= 0.3 is 0 Å². The Labute approximate surface area is 145 Å². The van der Waals surface area contributed by atoms with Crippen molar-refractivity contribution in [3.8, 4) is 5.75 Å². The Hall–Kier alpha value is -3.34. The van der Waals surface area contributed by atoms with Crippen molar-refractivity contribution < 1.29 is 13.9 Å². The predicted molar refractivity (Wildman–Crippen MR) is 95.6 cm³/mol. The van der Waals surface area contributed by atoms with Crippen molar-refractivity contribution in [2.24, 2.45) is 5.10 Å². The molecule has 0 bridgehead atoms. The first-order valence-electron chi connectivity index (χ1n) is 7.88. The lowest BCUT2D eigenvalue weighted by Gasteiger charge is -2.10. The third-order valence-electron chi connectivity index (χ3n) is 3.57. The molecule has 1 N–H and O–H groups in total. The monoisotopic (exact) mass is 334 g/mol. The van der Waals surface area contributed by atoms with Gasteiger partial charge in [0.1, 0.15) is 23.8 Å². The Kier molecular flexibility index (Phi) is 5.26. The molecule has 5 nitrogen and oxygen atoms in total. The maximum absolute atomic E-state index is 12.4. The van der Waals surface area contributed by atoms with Gasteiger partial charge in [0.2, 0.25) is 0 Å². The van der Waals surface area contributed by atoms with Crippen molar-refractivity contribution in [1.82, 2.24) is 5.43 Å². The third kappa shape index (κ3) is 4.35. The van der Waals surface area contributed by atoms with Crippen LogP contribution in [-0.4, -0.2) is 11.6 Å². The Morgan fingerprint density at radius 2 is 1.80 bits per heavy atom. The number of amides is 1. The van der Waals surface area contributed by atoms with Crippen molar-refractivity contribution in [3.05, 3.63) is 89.9 Å². The molecule has 3 rings (SSSR count). The largest absolute Gasteiger partial charge is 0.488 e. The second-order valence-electron chi connectivity index (χ2n) is 5.39. The summed E-state index contributed by atoms with van der Waals surface area (Å²) in [4.78, 5) is 12.4. The maximum atomic E-state index is 12.4. The SMILES string of the molecule is CC(=NNC(=O)c1ccccc1OCc1ccccc1)c1ccco1. The fourth-order valence-corrected chi connectivity index (χ4v) is 2.25. The number of para-hydroxylation sites is 1. The molecule has 1 amide bonds. The van der Waals surface area contributed by atoms with Gasteiger partial charge in [0.05, 0.1) is 11.8 Å². The van der Waals surface area contributed by atoms with Crippen LogP contribution in [-0.2, 0) is 6.61 Å². The van der Waals surface area contributed by atoms with E-state index in [0.29, 0.717) is 29.4 Å². The van der Waals surface area contributed by atoms with Crippen molar-refractivity contribution >= 4 is 11.6 Å². The minimum atomic E-state index is -0.338. The summed E-state index contributed by atoms with van der Waals surface area (Å²) in [5.41, 5.74) is 4.58. The summed E-state index contributed by atoms with van der Waals surface area (Å²) in [5, 5.41) is 4.07. The van der Waals surface area contributed by atoms with E-state index in [1.165, 1.54) is 0 Å². The molecule has 0 saturated heterocycles. The standard InChI is InChI=1S/C20H18N2O3/c1-15(18-12-7-13-24-18)21-22-20(23)17-10-5-6-11-19(17)25-14-16-8-3-2-4-9-16/h2-13H,14H2,1H3,(H,22,23). The lowest BCUT2D eigenvalue weighted by molar-refractivity contribution is 0.0950. The number of hydrogen-bond donors (Lipinski definition) is 1. The van der Waals surface area contributed by atoms with Crippen LogP contribution in [0.4, 0.5) is 0 Å². The fraction of sp³-hybridized carbons (Fsp3) is 0.100. The number of nitrogens with one attached hydrogen (secondary N) is 1. The van der Waals surface area contributed by atoms with Gasteiger partial charge in [-0.05, 0) is 36.8 Å². The Morgan fingerprint density at radius 1 is 1.04 bits per heavy atom. The van der Waals surface area contributed by atoms with E-state index in [-0.39, 0.29) is 5.91 Å². The second-order valence-corrected chi connectivity index (χ2v) is 5.39. The first-order valence-corrected chi connectivity index (χ1v) is 7.88. The van der Waals surface area contributed by atoms with Crippen LogP contribution >= 0.6 is 0 Å². The number of carbonyl (C=O) groups is 1. The molecule has 0 atom stereocenters. The number of hydrogen-bond acceptors (Lipinski definition) is 4. The number of rotatable bonds is 6. The summed E-state index contributed by atoms with van der Waals surface area (Å²) in [5.74, 6) is 0.776. The van der Waals surface area contributed by atoms with E-state index in [2.05, 4.69) is 10.5 Å². The van der Waals surface area contributed by atoms with Crippen molar-refractivity contribution in [3.63, 3.8) is 0 Å². The topological polar surface area (TPSA) is 63.8 Å². The van der Waals surface area contributed by atoms with Crippen LogP contribution in [0, 0.1) is 0 Å². The van der Waals surface area contributed by atoms with Gasteiger partial charge in [0.15, 0.2) is 0 Å². The van der Waals surface area contributed by atoms with Crippen molar-refractivity contribution in [2.45, 2.75) is 13.5 Å². The summed E-state index contributed by atoms with van der Waals surface area (Å²) in [6.07, 6.45) is 1.56. The Bertz CT molecular complexity index is 856. The second kappa shape index (κ2) is 7.97. The van der Waals surface area contributed by atoms with Crippen LogP contribution in [0.5, 0.6) is 5.75 Å². The molecule has 126 valence electrons. The molecule has 1 aromatic heterocycles. The average Bonchev–Trinajstić information content (AvgIpc) is 3.20. The van der Waals surface area contributed by atoms with Crippen LogP contribution in [0.2, 0.25) is 0 Å². The van der Waals surface area contributed by atoms with E-state index < -0.39 is 0 Å². The van der Waals surface area contributed by atoms with E-state index in [1.807, 2.05) is 36.4 Å². The quantitative estimate of drug-likeness (QED) is 0.547. The molecule has 25 heavy (non-hydrogen) atoms. The van der Waals surface area contributed by atoms with Gasteiger partial charge in [-0.1, -0.05) is 42.5 Å². The van der Waals surface area contributed by atoms with Crippen molar-refractivity contribution in [2.75, 3.05) is 0 Å². The molecule has 0 saturated carbocycles. The molecule has 0 unspecified atom stereocenters. The number of nitrogens with zero attached hydrogens (tertiary/aromatic N) is 1. The van der Waals surface area contributed by atoms with Gasteiger partial charge < -0.3 is 9.15 Å². The lowest BCUT2D eigenvalue weighted by atomic mass is 10.2. The highest BCUT2D eigenvalue weighted by Crippen LogP contribution is 2.19. The van der Waals surface area contributed by atoms with Gasteiger partial charge in [-0.25, -0.2) is 5.43 Å². The highest BCUT2D eigenvalue weighted by molar-refractivity contribution is 6.00. The van der Waals surface area contributed by atoms with E-state index >= 15 is 0 Å². The van der Waals surface area contributed by atoms with Gasteiger partial charge in [-0.15, -0.1) is 0 Å². The highest BCUT2D eigenvalue weighted by Gasteiger charge is 2.12. The third-order valence-corrected chi connectivity index (χ3v) is 3.57. The Balaban J connectivity index is 1.69. The molecule has 3 aromatic rings. The van der Waals surface area contributed by atoms with E-state index in [0.717, 1.165) is 5.56 Å². The predicted octanol–water partition coefficient (Wildman–Crippen LogP) is 4.01. The van der Waals surface area contributed by atoms with E-state index in [4.69, 9.17) is 9.15 Å². The first kappa shape index (κ1) is 16.5. The first-order chi connectivity index (χ1) is 12.2. The van der Waals surface area contributed by atoms with E-state index in [1.54, 1.807) is 43.5 Å². The van der Waals surface area contributed by atoms with Gasteiger partial charge in [0.25, 0.3) is 5.91 Å². The minimum absolute atomic E-state index is 0.338. The Morgan fingerprint density at radius 3 is 2.56 bits per heavy atom. The molecule has 0 aliphatic rings. The summed E-state index contributed by atoms with van der Waals surface area (Å²) in [7, 11) is 0. The zero-order valence-corrected chi connectivity index (χ0v) is 13.8. The van der Waals surface area contributed by atoms with Crippen LogP contribution < -0.4 is 10.2 Å². The molecular formula is C20H18N2O3. The van der Waals surface area contributed by atoms with Gasteiger partial charge in [0, 0.05) is 0 Å². The summed E-state index contributed by atoms with van der Waals surface area (Å²) in [6.45, 7) is 2.15. The molecule has 0 radical (unpaired) electrons. The minimum Gasteiger partial charge on any atom is -0.488 e. The molecular weight excluding hydrogens is 316 g/mol. The lowest BCUT2D eigenvalue weighted by Crippen LogP contribution is -2.20. The number of carbonyl (C=O) groups excluding carboxylic acids is 1. The molecule has 0 aliphatic heterocycles. The average molecular weight is 334 g/mol. The summed E-state index contributed by atoms with van der Waals surface area (Å²) >= 11 is 0. The number of hydrazone groups is 1. The molecule has 2 aromatic carbocycles. The maximum Gasteiger partial charge on any atom is 0.275 e. The van der Waals surface area contributed by atoms with Crippen LogP contribution in [0.25, 0.3) is 0 Å². The van der Waals surface area contributed by atoms with Crippen LogP contribution in [0.1, 0.15) is 28.6 Å². The molecule has 5 heteroatoms. The normalized spacial score (nSPS) is 11.2. The number of ether oxygens (including phenoxy) is 1. The highest BCUT2D eigenvalue weighted by atomic mass is 16.5. The molecule has 1 heterocycles.